The summed E-state index contributed by atoms with van der Waals surface area (Å²) >= 11 is 0. The van der Waals surface area contributed by atoms with Crippen LogP contribution in [0, 0.1) is 11.6 Å². The van der Waals surface area contributed by atoms with Crippen LogP contribution in [-0.4, -0.2) is 45.1 Å². The van der Waals surface area contributed by atoms with Crippen molar-refractivity contribution in [1.82, 2.24) is 20.4 Å². The van der Waals surface area contributed by atoms with E-state index < -0.39 is 18.0 Å². The second kappa shape index (κ2) is 9.99. The highest BCUT2D eigenvalue weighted by atomic mass is 19.1. The van der Waals surface area contributed by atoms with Gasteiger partial charge in [0.05, 0.1) is 12.1 Å². The molecule has 2 aromatic carbocycles. The SMILES string of the molecule is CC(=O)N[C@@H](Cc1ccc(F)cc1)[C@H](O)CN[C@H]1CC2(CCC2)Oc2cc(F)c(-n3cccn3)cc21. The van der Waals surface area contributed by atoms with Crippen molar-refractivity contribution in [3.63, 3.8) is 0 Å². The van der Waals surface area contributed by atoms with Gasteiger partial charge in [0.25, 0.3) is 0 Å². The van der Waals surface area contributed by atoms with E-state index >= 15 is 0 Å². The first-order valence-electron chi connectivity index (χ1n) is 12.3. The van der Waals surface area contributed by atoms with Gasteiger partial charge in [-0.15, -0.1) is 0 Å². The van der Waals surface area contributed by atoms with Crippen LogP contribution >= 0.6 is 0 Å². The van der Waals surface area contributed by atoms with Crippen LogP contribution in [0.5, 0.6) is 5.75 Å². The van der Waals surface area contributed by atoms with Gasteiger partial charge in [-0.25, -0.2) is 13.5 Å². The van der Waals surface area contributed by atoms with E-state index in [1.54, 1.807) is 36.7 Å². The van der Waals surface area contributed by atoms with Crippen LogP contribution in [0.15, 0.2) is 54.9 Å². The first-order chi connectivity index (χ1) is 17.3. The van der Waals surface area contributed by atoms with Crippen LogP contribution in [0.25, 0.3) is 5.69 Å². The van der Waals surface area contributed by atoms with E-state index in [2.05, 4.69) is 15.7 Å². The van der Waals surface area contributed by atoms with Crippen molar-refractivity contribution in [2.45, 2.75) is 62.8 Å². The zero-order chi connectivity index (χ0) is 25.3. The minimum Gasteiger partial charge on any atom is -0.487 e. The number of hydrogen-bond acceptors (Lipinski definition) is 5. The monoisotopic (exact) mass is 496 g/mol. The summed E-state index contributed by atoms with van der Waals surface area (Å²) in [6.45, 7) is 1.60. The van der Waals surface area contributed by atoms with Crippen LogP contribution in [0.2, 0.25) is 0 Å². The summed E-state index contributed by atoms with van der Waals surface area (Å²) in [5.41, 5.74) is 1.60. The number of hydrogen-bond donors (Lipinski definition) is 3. The number of benzene rings is 2. The molecule has 1 aromatic heterocycles. The maximum Gasteiger partial charge on any atom is 0.217 e. The number of aliphatic hydroxyl groups is 1. The fourth-order valence-electron chi connectivity index (χ4n) is 5.15. The molecule has 1 aliphatic heterocycles. The number of carbonyl (C=O) groups is 1. The Kier molecular flexibility index (Phi) is 6.77. The minimum absolute atomic E-state index is 0.178. The van der Waals surface area contributed by atoms with Gasteiger partial charge in [0.2, 0.25) is 5.91 Å². The Balaban J connectivity index is 1.36. The van der Waals surface area contributed by atoms with E-state index in [1.807, 2.05) is 0 Å². The molecule has 190 valence electrons. The average molecular weight is 497 g/mol. The highest BCUT2D eigenvalue weighted by Crippen LogP contribution is 2.49. The van der Waals surface area contributed by atoms with E-state index in [4.69, 9.17) is 4.74 Å². The zero-order valence-corrected chi connectivity index (χ0v) is 20.1. The van der Waals surface area contributed by atoms with E-state index in [9.17, 15) is 18.7 Å². The Hall–Kier alpha value is -3.30. The number of amides is 1. The molecule has 9 heteroatoms. The Morgan fingerprint density at radius 1 is 1.28 bits per heavy atom. The number of carbonyl (C=O) groups excluding carboxylic acids is 1. The predicted molar refractivity (Wildman–Crippen MR) is 130 cm³/mol. The third-order valence-electron chi connectivity index (χ3n) is 7.17. The first-order valence-corrected chi connectivity index (χ1v) is 12.3. The Labute approximate surface area is 208 Å². The van der Waals surface area contributed by atoms with Crippen molar-refractivity contribution in [2.75, 3.05) is 6.54 Å². The number of fused-ring (bicyclic) bond motifs is 1. The molecule has 3 aromatic rings. The lowest BCUT2D eigenvalue weighted by Gasteiger charge is -2.48. The molecule has 1 aliphatic carbocycles. The fraction of sp³-hybridized carbons (Fsp3) is 0.407. The number of aliphatic hydroxyl groups excluding tert-OH is 1. The van der Waals surface area contributed by atoms with Crippen LogP contribution in [0.4, 0.5) is 8.78 Å². The number of rotatable bonds is 8. The molecular weight excluding hydrogens is 466 g/mol. The second-order valence-electron chi connectivity index (χ2n) is 9.80. The third kappa shape index (κ3) is 5.12. The first kappa shape index (κ1) is 24.4. The summed E-state index contributed by atoms with van der Waals surface area (Å²) in [6, 6.07) is 10.2. The Morgan fingerprint density at radius 2 is 2.06 bits per heavy atom. The average Bonchev–Trinajstić information content (AvgIpc) is 3.36. The molecular formula is C27H30F2N4O3. The maximum atomic E-state index is 15.0. The molecule has 1 spiro atoms. The lowest BCUT2D eigenvalue weighted by molar-refractivity contribution is -0.120. The molecule has 0 unspecified atom stereocenters. The highest BCUT2D eigenvalue weighted by molar-refractivity contribution is 5.73. The summed E-state index contributed by atoms with van der Waals surface area (Å²) in [7, 11) is 0. The van der Waals surface area contributed by atoms with Gasteiger partial charge in [-0.1, -0.05) is 12.1 Å². The van der Waals surface area contributed by atoms with Crippen molar-refractivity contribution in [1.29, 1.82) is 0 Å². The standard InChI is InChI=1S/C27H30F2N4O3/c1-17(34)32-22(12-18-4-6-19(28)7-5-18)25(35)16-30-23-15-27(8-2-9-27)36-26-14-21(29)24(13-20(23)26)33-11-3-10-31-33/h3-7,10-11,13-14,22-23,25,30,35H,2,8-9,12,15-16H2,1H3,(H,32,34)/t22-,23-,25+/m0/s1. The summed E-state index contributed by atoms with van der Waals surface area (Å²) in [5, 5.41) is 21.5. The smallest absolute Gasteiger partial charge is 0.217 e. The third-order valence-corrected chi connectivity index (χ3v) is 7.17. The van der Waals surface area contributed by atoms with Crippen molar-refractivity contribution in [3.05, 3.63) is 77.6 Å². The van der Waals surface area contributed by atoms with Crippen molar-refractivity contribution in [3.8, 4) is 11.4 Å². The van der Waals surface area contributed by atoms with Crippen LogP contribution < -0.4 is 15.4 Å². The predicted octanol–water partition coefficient (Wildman–Crippen LogP) is 3.59. The van der Waals surface area contributed by atoms with E-state index in [1.165, 1.54) is 29.8 Å². The summed E-state index contributed by atoms with van der Waals surface area (Å²) in [5.74, 6) is -0.514. The lowest BCUT2D eigenvalue weighted by atomic mass is 9.73. The van der Waals surface area contributed by atoms with Gasteiger partial charge in [-0.05, 0) is 55.5 Å². The normalized spacial score (nSPS) is 19.6. The van der Waals surface area contributed by atoms with Crippen LogP contribution in [0.1, 0.15) is 49.8 Å². The van der Waals surface area contributed by atoms with Gasteiger partial charge < -0.3 is 20.5 Å². The molecule has 5 rings (SSSR count). The van der Waals surface area contributed by atoms with E-state index in [-0.39, 0.29) is 29.9 Å². The summed E-state index contributed by atoms with van der Waals surface area (Å²) < 4.78 is 36.0. The van der Waals surface area contributed by atoms with Gasteiger partial charge in [0, 0.05) is 50.0 Å². The number of aromatic nitrogens is 2. The van der Waals surface area contributed by atoms with Crippen molar-refractivity contribution in [2.24, 2.45) is 0 Å². The number of halogens is 2. The number of nitrogens with zero attached hydrogens (tertiary/aromatic N) is 2. The molecule has 1 amide bonds. The van der Waals surface area contributed by atoms with Gasteiger partial charge in [0.15, 0.2) is 5.82 Å². The van der Waals surface area contributed by atoms with Gasteiger partial charge in [-0.2, -0.15) is 5.10 Å². The summed E-state index contributed by atoms with van der Waals surface area (Å²) in [4.78, 5) is 11.8. The number of nitrogens with one attached hydrogen (secondary N) is 2. The molecule has 0 saturated heterocycles. The van der Waals surface area contributed by atoms with Crippen LogP contribution in [-0.2, 0) is 11.2 Å². The Bertz CT molecular complexity index is 1210. The molecule has 7 nitrogen and oxygen atoms in total. The lowest BCUT2D eigenvalue weighted by Crippen LogP contribution is -2.52. The quantitative estimate of drug-likeness (QED) is 0.444. The van der Waals surface area contributed by atoms with Gasteiger partial charge in [0.1, 0.15) is 22.9 Å². The van der Waals surface area contributed by atoms with Gasteiger partial charge in [-0.3, -0.25) is 4.79 Å². The highest BCUT2D eigenvalue weighted by Gasteiger charge is 2.46. The Morgan fingerprint density at radius 3 is 2.69 bits per heavy atom. The van der Waals surface area contributed by atoms with Crippen molar-refractivity contribution >= 4 is 5.91 Å². The summed E-state index contributed by atoms with van der Waals surface area (Å²) in [6.07, 6.45) is 6.26. The van der Waals surface area contributed by atoms with Crippen LogP contribution in [0.3, 0.4) is 0 Å². The molecule has 2 heterocycles. The van der Waals surface area contributed by atoms with Gasteiger partial charge >= 0.3 is 0 Å². The van der Waals surface area contributed by atoms with E-state index in [0.29, 0.717) is 24.3 Å². The molecule has 3 N–H and O–H groups in total. The molecule has 36 heavy (non-hydrogen) atoms. The minimum atomic E-state index is -0.909. The molecule has 1 fully saturated rings. The maximum absolute atomic E-state index is 15.0. The number of ether oxygens (including phenoxy) is 1. The fourth-order valence-corrected chi connectivity index (χ4v) is 5.15. The largest absolute Gasteiger partial charge is 0.487 e. The molecule has 1 saturated carbocycles. The molecule has 0 radical (unpaired) electrons. The van der Waals surface area contributed by atoms with Crippen molar-refractivity contribution < 1.29 is 23.4 Å². The second-order valence-corrected chi connectivity index (χ2v) is 9.80. The molecule has 2 aliphatic rings. The van der Waals surface area contributed by atoms with E-state index in [0.717, 1.165) is 30.4 Å². The molecule has 3 atom stereocenters. The topological polar surface area (TPSA) is 88.4 Å². The molecule has 0 bridgehead atoms. The zero-order valence-electron chi connectivity index (χ0n) is 20.1.